The third-order valence-electron chi connectivity index (χ3n) is 3.13. The molecule has 1 heterocycles. The summed E-state index contributed by atoms with van der Waals surface area (Å²) in [5.74, 6) is 0.529. The van der Waals surface area contributed by atoms with Crippen LogP contribution in [0.25, 0.3) is 11.3 Å². The van der Waals surface area contributed by atoms with Gasteiger partial charge in [-0.15, -0.1) is 16.7 Å². The molecule has 100 valence electrons. The third-order valence-corrected chi connectivity index (χ3v) is 3.44. The maximum absolute atomic E-state index is 5.79. The number of rotatable bonds is 4. The SMILES string of the molecule is ClCc1ccc(-c2cn(Cc3ccccc3)nn2)cc1. The number of benzene rings is 2. The molecule has 0 atom stereocenters. The van der Waals surface area contributed by atoms with Gasteiger partial charge < -0.3 is 0 Å². The zero-order valence-electron chi connectivity index (χ0n) is 10.9. The smallest absolute Gasteiger partial charge is 0.113 e. The van der Waals surface area contributed by atoms with Crippen molar-refractivity contribution in [3.8, 4) is 11.3 Å². The van der Waals surface area contributed by atoms with Crippen LogP contribution >= 0.6 is 11.6 Å². The highest BCUT2D eigenvalue weighted by Crippen LogP contribution is 2.17. The van der Waals surface area contributed by atoms with Gasteiger partial charge in [0.25, 0.3) is 0 Å². The number of hydrogen-bond donors (Lipinski definition) is 0. The van der Waals surface area contributed by atoms with Crippen LogP contribution < -0.4 is 0 Å². The van der Waals surface area contributed by atoms with Crippen molar-refractivity contribution < 1.29 is 0 Å². The van der Waals surface area contributed by atoms with E-state index in [4.69, 9.17) is 11.6 Å². The quantitative estimate of drug-likeness (QED) is 0.683. The van der Waals surface area contributed by atoms with E-state index in [0.29, 0.717) is 5.88 Å². The van der Waals surface area contributed by atoms with Gasteiger partial charge in [-0.1, -0.05) is 59.8 Å². The Morgan fingerprint density at radius 1 is 0.900 bits per heavy atom. The molecule has 3 rings (SSSR count). The fraction of sp³-hybridized carbons (Fsp3) is 0.125. The molecular weight excluding hydrogens is 270 g/mol. The molecule has 1 aromatic heterocycles. The van der Waals surface area contributed by atoms with Crippen LogP contribution in [0.5, 0.6) is 0 Å². The molecule has 3 aromatic rings. The Morgan fingerprint density at radius 3 is 2.35 bits per heavy atom. The van der Waals surface area contributed by atoms with Crippen molar-refractivity contribution in [2.75, 3.05) is 0 Å². The number of hydrogen-bond acceptors (Lipinski definition) is 2. The van der Waals surface area contributed by atoms with E-state index in [0.717, 1.165) is 23.4 Å². The summed E-state index contributed by atoms with van der Waals surface area (Å²) >= 11 is 5.79. The minimum Gasteiger partial charge on any atom is -0.247 e. The summed E-state index contributed by atoms with van der Waals surface area (Å²) in [7, 11) is 0. The molecule has 0 saturated carbocycles. The maximum Gasteiger partial charge on any atom is 0.113 e. The Kier molecular flexibility index (Phi) is 3.79. The number of aromatic nitrogens is 3. The van der Waals surface area contributed by atoms with E-state index in [1.807, 2.05) is 53.3 Å². The molecule has 3 nitrogen and oxygen atoms in total. The molecule has 2 aromatic carbocycles. The van der Waals surface area contributed by atoms with Crippen LogP contribution in [0.1, 0.15) is 11.1 Å². The summed E-state index contributed by atoms with van der Waals surface area (Å²) in [5.41, 5.74) is 4.24. The van der Waals surface area contributed by atoms with Gasteiger partial charge >= 0.3 is 0 Å². The molecule has 0 spiro atoms. The fourth-order valence-corrected chi connectivity index (χ4v) is 2.22. The summed E-state index contributed by atoms with van der Waals surface area (Å²) in [6.45, 7) is 0.730. The van der Waals surface area contributed by atoms with Gasteiger partial charge in [0.15, 0.2) is 0 Å². The molecule has 0 bridgehead atoms. The van der Waals surface area contributed by atoms with Crippen LogP contribution in [0.4, 0.5) is 0 Å². The van der Waals surface area contributed by atoms with Crippen LogP contribution in [0.3, 0.4) is 0 Å². The molecule has 0 aliphatic rings. The van der Waals surface area contributed by atoms with Crippen LogP contribution in [0, 0.1) is 0 Å². The van der Waals surface area contributed by atoms with E-state index in [1.54, 1.807) is 0 Å². The van der Waals surface area contributed by atoms with E-state index < -0.39 is 0 Å². The zero-order chi connectivity index (χ0) is 13.8. The van der Waals surface area contributed by atoms with Crippen molar-refractivity contribution >= 4 is 11.6 Å². The van der Waals surface area contributed by atoms with Crippen molar-refractivity contribution in [1.82, 2.24) is 15.0 Å². The minimum absolute atomic E-state index is 0.529. The lowest BCUT2D eigenvalue weighted by Gasteiger charge is -2.00. The lowest BCUT2D eigenvalue weighted by Crippen LogP contribution is -1.99. The molecule has 0 unspecified atom stereocenters. The first-order valence-corrected chi connectivity index (χ1v) is 6.98. The summed E-state index contributed by atoms with van der Waals surface area (Å²) in [6, 6.07) is 18.3. The molecule has 0 aliphatic carbocycles. The van der Waals surface area contributed by atoms with E-state index in [9.17, 15) is 0 Å². The monoisotopic (exact) mass is 283 g/mol. The predicted octanol–water partition coefficient (Wildman–Crippen LogP) is 3.73. The second-order valence-electron chi connectivity index (χ2n) is 4.62. The van der Waals surface area contributed by atoms with E-state index in [2.05, 4.69) is 22.4 Å². The van der Waals surface area contributed by atoms with Gasteiger partial charge in [-0.05, 0) is 11.1 Å². The first kappa shape index (κ1) is 12.9. The number of halogens is 1. The zero-order valence-corrected chi connectivity index (χ0v) is 11.7. The van der Waals surface area contributed by atoms with Gasteiger partial charge in [0.1, 0.15) is 5.69 Å². The lowest BCUT2D eigenvalue weighted by molar-refractivity contribution is 0.650. The van der Waals surface area contributed by atoms with Gasteiger partial charge in [0, 0.05) is 11.4 Å². The number of nitrogens with zero attached hydrogens (tertiary/aromatic N) is 3. The van der Waals surface area contributed by atoms with Crippen molar-refractivity contribution in [1.29, 1.82) is 0 Å². The van der Waals surface area contributed by atoms with Crippen molar-refractivity contribution in [3.05, 3.63) is 71.9 Å². The van der Waals surface area contributed by atoms with Gasteiger partial charge in [-0.2, -0.15) is 0 Å². The maximum atomic E-state index is 5.79. The summed E-state index contributed by atoms with van der Waals surface area (Å²) in [6.07, 6.45) is 1.96. The highest BCUT2D eigenvalue weighted by atomic mass is 35.5. The van der Waals surface area contributed by atoms with Gasteiger partial charge in [0.05, 0.1) is 12.7 Å². The lowest BCUT2D eigenvalue weighted by atomic mass is 10.1. The highest BCUT2D eigenvalue weighted by Gasteiger charge is 2.04. The van der Waals surface area contributed by atoms with Crippen molar-refractivity contribution in [2.45, 2.75) is 12.4 Å². The standard InChI is InChI=1S/C16H14ClN3/c17-10-13-6-8-15(9-7-13)16-12-20(19-18-16)11-14-4-2-1-3-5-14/h1-9,12H,10-11H2. The topological polar surface area (TPSA) is 30.7 Å². The predicted molar refractivity (Wildman–Crippen MR) is 80.6 cm³/mol. The molecule has 20 heavy (non-hydrogen) atoms. The first-order chi connectivity index (χ1) is 9.85. The van der Waals surface area contributed by atoms with E-state index >= 15 is 0 Å². The Bertz CT molecular complexity index is 674. The molecule has 0 N–H and O–H groups in total. The van der Waals surface area contributed by atoms with Crippen molar-refractivity contribution in [3.63, 3.8) is 0 Å². The summed E-state index contributed by atoms with van der Waals surface area (Å²) in [5, 5.41) is 8.39. The molecule has 0 saturated heterocycles. The average Bonchev–Trinajstić information content (AvgIpc) is 2.97. The second-order valence-corrected chi connectivity index (χ2v) is 4.88. The Hall–Kier alpha value is -2.13. The van der Waals surface area contributed by atoms with Crippen LogP contribution in [0.15, 0.2) is 60.8 Å². The van der Waals surface area contributed by atoms with Crippen LogP contribution in [-0.2, 0) is 12.4 Å². The summed E-state index contributed by atoms with van der Waals surface area (Å²) < 4.78 is 1.85. The first-order valence-electron chi connectivity index (χ1n) is 6.44. The van der Waals surface area contributed by atoms with E-state index in [1.165, 1.54) is 5.56 Å². The number of alkyl halides is 1. The Morgan fingerprint density at radius 2 is 1.65 bits per heavy atom. The molecule has 4 heteroatoms. The minimum atomic E-state index is 0.529. The molecule has 0 aliphatic heterocycles. The third kappa shape index (κ3) is 2.89. The second kappa shape index (κ2) is 5.88. The molecular formula is C16H14ClN3. The fourth-order valence-electron chi connectivity index (χ4n) is 2.04. The Labute approximate surface area is 122 Å². The average molecular weight is 284 g/mol. The molecule has 0 amide bonds. The summed E-state index contributed by atoms with van der Waals surface area (Å²) in [4.78, 5) is 0. The highest BCUT2D eigenvalue weighted by molar-refractivity contribution is 6.17. The van der Waals surface area contributed by atoms with Gasteiger partial charge in [0.2, 0.25) is 0 Å². The Balaban J connectivity index is 1.79. The largest absolute Gasteiger partial charge is 0.247 e. The molecule has 0 radical (unpaired) electrons. The van der Waals surface area contributed by atoms with Crippen LogP contribution in [-0.4, -0.2) is 15.0 Å². The molecule has 0 fully saturated rings. The van der Waals surface area contributed by atoms with Gasteiger partial charge in [-0.3, -0.25) is 0 Å². The normalized spacial score (nSPS) is 10.7. The van der Waals surface area contributed by atoms with Crippen molar-refractivity contribution in [2.24, 2.45) is 0 Å². The van der Waals surface area contributed by atoms with Crippen LogP contribution in [0.2, 0.25) is 0 Å². The van der Waals surface area contributed by atoms with E-state index in [-0.39, 0.29) is 0 Å². The van der Waals surface area contributed by atoms with Gasteiger partial charge in [-0.25, -0.2) is 4.68 Å².